The number of piperidine rings is 1. The number of alkyl carbamates (subject to hydrolysis) is 1. The van der Waals surface area contributed by atoms with Crippen molar-refractivity contribution in [2.75, 3.05) is 65.7 Å². The molecule has 0 saturated carbocycles. The second kappa shape index (κ2) is 44.9. The molecule has 9 amide bonds. The third-order valence-electron chi connectivity index (χ3n) is 19.3. The molecular weight excluding hydrogens is 1650 g/mol. The van der Waals surface area contributed by atoms with E-state index >= 15 is 0 Å². The van der Waals surface area contributed by atoms with Crippen LogP contribution in [0.1, 0.15) is 226 Å². The van der Waals surface area contributed by atoms with Crippen LogP contribution in [0.15, 0.2) is 60.8 Å². The smallest absolute Gasteiger partial charge is 0.407 e. The number of unbranched alkanes of at least 4 members (excludes halogenated alkanes) is 1. The van der Waals surface area contributed by atoms with Gasteiger partial charge in [0.05, 0.1) is 31.1 Å². The molecule has 5 atom stereocenters. The van der Waals surface area contributed by atoms with E-state index in [2.05, 4.69) is 86.1 Å². The average molecular weight is 1770 g/mol. The Labute approximate surface area is 709 Å². The van der Waals surface area contributed by atoms with Gasteiger partial charge in [0.2, 0.25) is 47.2 Å². The van der Waals surface area contributed by atoms with Crippen molar-refractivity contribution >= 4 is 105 Å². The van der Waals surface area contributed by atoms with Crippen molar-refractivity contribution in [1.82, 2.24) is 66.8 Å². The maximum Gasteiger partial charge on any atom is 0.407 e. The number of carbonyl (C=O) groups is 12. The summed E-state index contributed by atoms with van der Waals surface area (Å²) in [4.78, 5) is 165. The summed E-state index contributed by atoms with van der Waals surface area (Å²) in [5.41, 5.74) is 0.933. The number of rotatable bonds is 42. The molecule has 0 aliphatic carbocycles. The van der Waals surface area contributed by atoms with Crippen LogP contribution in [0, 0.1) is 9.49 Å². The summed E-state index contributed by atoms with van der Waals surface area (Å²) in [6.07, 6.45) is 4.08. The zero-order chi connectivity index (χ0) is 87.5. The molecule has 119 heavy (non-hydrogen) atoms. The number of phenols is 2. The van der Waals surface area contributed by atoms with Crippen molar-refractivity contribution < 1.29 is 96.2 Å². The molecular formula is C85H122IN13O20. The van der Waals surface area contributed by atoms with Crippen LogP contribution in [0.3, 0.4) is 0 Å². The number of benzene rings is 3. The van der Waals surface area contributed by atoms with Gasteiger partial charge in [-0.15, -0.1) is 10.2 Å². The third-order valence-corrected chi connectivity index (χ3v) is 20.0. The number of esters is 3. The molecule has 4 heterocycles. The molecule has 654 valence electrons. The van der Waals surface area contributed by atoms with Crippen LogP contribution in [0.25, 0.3) is 28.0 Å². The van der Waals surface area contributed by atoms with Crippen molar-refractivity contribution in [3.8, 4) is 28.6 Å². The number of halogens is 1. The van der Waals surface area contributed by atoms with E-state index in [-0.39, 0.29) is 125 Å². The maximum absolute atomic E-state index is 14.7. The molecule has 10 N–H and O–H groups in total. The molecule has 7 rings (SSSR count). The van der Waals surface area contributed by atoms with Gasteiger partial charge in [-0.2, -0.15) is 0 Å². The second-order valence-corrected chi connectivity index (χ2v) is 35.2. The Hall–Kier alpha value is -9.97. The van der Waals surface area contributed by atoms with E-state index < -0.39 is 125 Å². The molecule has 34 heteroatoms. The molecule has 2 aliphatic rings. The summed E-state index contributed by atoms with van der Waals surface area (Å²) in [6.45, 7) is 25.2. The number of carbonyl (C=O) groups excluding carboxylic acids is 12. The molecule has 2 aliphatic heterocycles. The molecule has 0 spiro atoms. The van der Waals surface area contributed by atoms with Crippen LogP contribution in [-0.4, -0.2) is 218 Å². The highest BCUT2D eigenvalue weighted by Gasteiger charge is 2.35. The number of aromatic nitrogens is 4. The van der Waals surface area contributed by atoms with E-state index in [1.54, 1.807) is 106 Å². The number of ether oxygens (including phenoxy) is 6. The predicted octanol–water partition coefficient (Wildman–Crippen LogP) is 8.43. The number of hydrogen-bond acceptors (Lipinski definition) is 22. The minimum atomic E-state index is -1.60. The Balaban J connectivity index is 0.942. The third kappa shape index (κ3) is 32.3. The van der Waals surface area contributed by atoms with Crippen LogP contribution >= 0.6 is 22.6 Å². The number of nitrogens with one attached hydrogen (secondary N) is 8. The molecule has 33 nitrogen and oxygen atoms in total. The molecule has 3 aromatic carbocycles. The highest BCUT2D eigenvalue weighted by atomic mass is 127. The van der Waals surface area contributed by atoms with E-state index in [4.69, 9.17) is 28.4 Å². The van der Waals surface area contributed by atoms with Gasteiger partial charge in [-0.25, -0.2) is 4.79 Å². The summed E-state index contributed by atoms with van der Waals surface area (Å²) in [7, 11) is 0. The van der Waals surface area contributed by atoms with Crippen molar-refractivity contribution in [1.29, 1.82) is 0 Å². The quantitative estimate of drug-likeness (QED) is 0.00758. The van der Waals surface area contributed by atoms with Gasteiger partial charge in [0, 0.05) is 116 Å². The molecule has 2 aromatic heterocycles. The van der Waals surface area contributed by atoms with E-state index in [1.807, 2.05) is 49.4 Å². The zero-order valence-electron chi connectivity index (χ0n) is 71.2. The molecule has 1 unspecified atom stereocenters. The van der Waals surface area contributed by atoms with Crippen molar-refractivity contribution in [2.45, 2.75) is 259 Å². The standard InChI is InChI=1S/C85H122IN13O20/c1-15-87-80(112)75-96-95-74-59-48-57(66(100)49-67(59)101)52(2)60-50-98(65-30-26-56(99(74)75)47-58(60)65)43-37-54-35-41-97(42-36-54)70(104)34-39-88-77(109)62(27-31-71(105)116-82(3,4)5)93-79(111)64(29-33-73(107)118-84(9,10)11)94-78(110)63(28-32-72(106)117-83(6,7)8)92-69(103)51-115-46-45-114-44-40-89-76(108)61(20-16-17-38-90-81(113)119-85(12,13)14)91-68(102)21-18-19-53-22-24-55(86)25-23-53/h22-26,30,47-50,52,54,61-64,100-101H,15-21,27-29,31-46,51H2,1-14H3,(H,87,112)(H,88,109)(H,89,108)(H,90,113)(H,91,102)(H,92,103)(H,93,111)(H,94,110)/t52?,61-,62+,63+,64+/m0/s1. The fourth-order valence-corrected chi connectivity index (χ4v) is 14.0. The van der Waals surface area contributed by atoms with E-state index in [0.717, 1.165) is 32.0 Å². The largest absolute Gasteiger partial charge is 0.508 e. The van der Waals surface area contributed by atoms with E-state index in [9.17, 15) is 67.7 Å². The molecule has 1 fully saturated rings. The van der Waals surface area contributed by atoms with Gasteiger partial charge >= 0.3 is 24.0 Å². The lowest BCUT2D eigenvalue weighted by atomic mass is 9.90. The molecule has 4 bridgehead atoms. The van der Waals surface area contributed by atoms with Crippen LogP contribution in [0.5, 0.6) is 11.5 Å². The van der Waals surface area contributed by atoms with Gasteiger partial charge in [-0.05, 0) is 237 Å². The van der Waals surface area contributed by atoms with Gasteiger partial charge in [0.15, 0.2) is 5.82 Å². The number of aryl methyl sites for hydroxylation is 2. The van der Waals surface area contributed by atoms with Gasteiger partial charge in [-0.1, -0.05) is 19.1 Å². The first kappa shape index (κ1) is 96.2. The Morgan fingerprint density at radius 2 is 1.10 bits per heavy atom. The summed E-state index contributed by atoms with van der Waals surface area (Å²) < 4.78 is 38.0. The number of phenolic OH excluding ortho intramolecular Hbond substituents is 2. The fraction of sp³-hybridized carbons (Fsp3) is 0.600. The maximum atomic E-state index is 14.7. The lowest BCUT2D eigenvalue weighted by Crippen LogP contribution is -2.57. The molecule has 5 aromatic rings. The van der Waals surface area contributed by atoms with Crippen molar-refractivity contribution in [2.24, 2.45) is 5.92 Å². The first-order chi connectivity index (χ1) is 56.0. The number of fused-ring (bicyclic) bond motifs is 6. The summed E-state index contributed by atoms with van der Waals surface area (Å²) in [5, 5.41) is 53.5. The van der Waals surface area contributed by atoms with Gasteiger partial charge in [0.25, 0.3) is 5.91 Å². The van der Waals surface area contributed by atoms with Crippen molar-refractivity contribution in [3.05, 3.63) is 86.9 Å². The highest BCUT2D eigenvalue weighted by molar-refractivity contribution is 14.1. The normalized spacial score (nSPS) is 14.6. The van der Waals surface area contributed by atoms with Crippen molar-refractivity contribution in [3.63, 3.8) is 0 Å². The summed E-state index contributed by atoms with van der Waals surface area (Å²) in [5.74, 6) is -7.22. The Bertz CT molecular complexity index is 4340. The van der Waals surface area contributed by atoms with E-state index in [0.29, 0.717) is 88.1 Å². The minimum Gasteiger partial charge on any atom is -0.508 e. The average Bonchev–Trinajstić information content (AvgIpc) is 1.60. The topological polar surface area (TPSA) is 436 Å². The monoisotopic (exact) mass is 1770 g/mol. The van der Waals surface area contributed by atoms with Crippen LogP contribution in [-0.2, 0) is 89.3 Å². The number of aromatic hydroxyl groups is 2. The van der Waals surface area contributed by atoms with Crippen LogP contribution < -0.4 is 42.5 Å². The lowest BCUT2D eigenvalue weighted by molar-refractivity contribution is -0.156. The molecule has 0 radical (unpaired) electrons. The first-order valence-electron chi connectivity index (χ1n) is 41.0. The Morgan fingerprint density at radius 1 is 0.546 bits per heavy atom. The number of amides is 9. The number of likely N-dealkylation sites (tertiary alicyclic amines) is 1. The summed E-state index contributed by atoms with van der Waals surface area (Å²) >= 11 is 2.23. The van der Waals surface area contributed by atoms with Gasteiger partial charge in [0.1, 0.15) is 64.7 Å². The predicted molar refractivity (Wildman–Crippen MR) is 450 cm³/mol. The zero-order valence-corrected chi connectivity index (χ0v) is 73.3. The van der Waals surface area contributed by atoms with Crippen LogP contribution in [0.2, 0.25) is 0 Å². The first-order valence-corrected chi connectivity index (χ1v) is 42.1. The lowest BCUT2D eigenvalue weighted by Gasteiger charge is -2.32. The summed E-state index contributed by atoms with van der Waals surface area (Å²) in [6, 6.07) is 11.3. The van der Waals surface area contributed by atoms with Crippen LogP contribution in [0.4, 0.5) is 4.79 Å². The highest BCUT2D eigenvalue weighted by Crippen LogP contribution is 2.44. The van der Waals surface area contributed by atoms with Gasteiger partial charge < -0.3 is 90.6 Å². The SMILES string of the molecule is CCNC(=O)c1nnc2n1-c1ccc3c(c1)c(cn3CCC1CCN(C(=O)CCNC(=O)[C@@H](CCC(=O)OC(C)(C)C)NC(=O)[C@@H](CCC(=O)OC(C)(C)C)NC(=O)[C@@H](CCC(=O)OC(C)(C)C)NC(=O)COCCOCCNC(=O)[C@H](CCCCNC(=O)OC(C)(C)C)NC(=O)CCCc3ccc(I)cc3)CC1)C(C)c1cc-2c(O)cc1O. The minimum absolute atomic E-state index is 0.0216. The Morgan fingerprint density at radius 3 is 1.69 bits per heavy atom. The van der Waals surface area contributed by atoms with E-state index in [1.165, 1.54) is 6.07 Å². The number of nitrogens with zero attached hydrogens (tertiary/aromatic N) is 5. The Kier molecular flexibility index (Phi) is 36.3. The second-order valence-electron chi connectivity index (χ2n) is 33.9. The van der Waals surface area contributed by atoms with Gasteiger partial charge in [-0.3, -0.25) is 57.3 Å². The fourth-order valence-electron chi connectivity index (χ4n) is 13.6. The molecule has 1 saturated heterocycles. The number of hydrogen-bond donors (Lipinski definition) is 10.